The number of H-pyrrole nitrogens is 1. The van der Waals surface area contributed by atoms with E-state index in [1.54, 1.807) is 10.8 Å². The van der Waals surface area contributed by atoms with Gasteiger partial charge in [0.15, 0.2) is 5.21 Å². The van der Waals surface area contributed by atoms with Crippen molar-refractivity contribution in [2.45, 2.75) is 32.1 Å². The van der Waals surface area contributed by atoms with Crippen LogP contribution in [-0.4, -0.2) is 21.5 Å². The average molecular weight is 333 g/mol. The monoisotopic (exact) mass is 332 g/mol. The number of carbonyl (C=O) groups excluding carboxylic acids is 1. The predicted molar refractivity (Wildman–Crippen MR) is 81.9 cm³/mol. The van der Waals surface area contributed by atoms with Crippen molar-refractivity contribution in [2.24, 2.45) is 5.92 Å². The van der Waals surface area contributed by atoms with Crippen molar-refractivity contribution in [2.75, 3.05) is 0 Å². The van der Waals surface area contributed by atoms with Crippen LogP contribution in [0.25, 0.3) is 5.69 Å². The number of aryl methyl sites for hydroxylation is 1. The molecule has 0 amide bonds. The fourth-order valence-corrected chi connectivity index (χ4v) is 3.53. The van der Waals surface area contributed by atoms with Crippen molar-refractivity contribution in [1.29, 1.82) is 0 Å². The van der Waals surface area contributed by atoms with Crippen LogP contribution in [0.15, 0.2) is 30.4 Å². The Labute approximate surface area is 138 Å². The molecule has 6 nitrogen and oxygen atoms in total. The van der Waals surface area contributed by atoms with Crippen molar-refractivity contribution in [3.8, 4) is 5.69 Å². The van der Waals surface area contributed by atoms with E-state index in [9.17, 15) is 9.90 Å². The molecule has 2 aromatic rings. The van der Waals surface area contributed by atoms with Gasteiger partial charge in [-0.05, 0) is 48.4 Å². The molecule has 1 aliphatic rings. The molecule has 7 heteroatoms. The number of allylic oxidation sites excluding steroid dienone is 1. The maximum Gasteiger partial charge on any atom is 0.302 e. The van der Waals surface area contributed by atoms with Crippen molar-refractivity contribution in [3.63, 3.8) is 0 Å². The zero-order valence-corrected chi connectivity index (χ0v) is 13.5. The van der Waals surface area contributed by atoms with Gasteiger partial charge in [-0.15, -0.1) is 4.68 Å². The first-order valence-corrected chi connectivity index (χ1v) is 7.93. The molecule has 3 rings (SSSR count). The van der Waals surface area contributed by atoms with E-state index < -0.39 is 5.97 Å². The number of carbonyl (C=O) groups is 1. The molecule has 1 N–H and O–H groups in total. The highest BCUT2D eigenvalue weighted by Crippen LogP contribution is 2.41. The number of aromatic amines is 1. The third-order valence-electron chi connectivity index (χ3n) is 4.35. The highest BCUT2D eigenvalue weighted by Gasteiger charge is 2.27. The Morgan fingerprint density at radius 1 is 1.48 bits per heavy atom. The Hall–Kier alpha value is -2.21. The van der Waals surface area contributed by atoms with Gasteiger partial charge in [0, 0.05) is 6.92 Å². The van der Waals surface area contributed by atoms with Crippen LogP contribution in [0.5, 0.6) is 0 Å². The molecule has 1 aromatic carbocycles. The molecule has 1 saturated carbocycles. The number of halogens is 1. The highest BCUT2D eigenvalue weighted by molar-refractivity contribution is 6.32. The summed E-state index contributed by atoms with van der Waals surface area (Å²) in [6, 6.07) is 5.91. The van der Waals surface area contributed by atoms with Gasteiger partial charge >= 0.3 is 5.82 Å². The lowest BCUT2D eigenvalue weighted by Crippen LogP contribution is -2.36. The lowest BCUT2D eigenvalue weighted by Gasteiger charge is -2.17. The van der Waals surface area contributed by atoms with Crippen LogP contribution in [-0.2, 0) is 4.79 Å². The standard InChI is InChI=1S/C16H17ClN4O2/c1-10-18-19-20-21(10)15-7-5-12(9-14(15)17)13-4-2-3-11(13)6-8-16(22)23/h5-9,11,13H,2-4H2,1H3,(H,22,23)/b8-6+. The first-order valence-electron chi connectivity index (χ1n) is 7.55. The summed E-state index contributed by atoms with van der Waals surface area (Å²) < 4.78 is 1.72. The predicted octanol–water partition coefficient (Wildman–Crippen LogP) is 1.23. The van der Waals surface area contributed by atoms with Crippen LogP contribution in [0, 0.1) is 12.8 Å². The van der Waals surface area contributed by atoms with Gasteiger partial charge in [-0.2, -0.15) is 0 Å². The van der Waals surface area contributed by atoms with Gasteiger partial charge in [0.1, 0.15) is 10.8 Å². The van der Waals surface area contributed by atoms with Crippen molar-refractivity contribution in [3.05, 3.63) is 46.8 Å². The maximum atomic E-state index is 10.6. The molecule has 0 radical (unpaired) electrons. The van der Waals surface area contributed by atoms with Crippen LogP contribution >= 0.6 is 11.6 Å². The van der Waals surface area contributed by atoms with Gasteiger partial charge in [-0.1, -0.05) is 35.4 Å². The topological polar surface area (TPSA) is 85.6 Å². The fourth-order valence-electron chi connectivity index (χ4n) is 3.25. The summed E-state index contributed by atoms with van der Waals surface area (Å²) in [6.07, 6.45) is 5.95. The summed E-state index contributed by atoms with van der Waals surface area (Å²) in [7, 11) is 0. The van der Waals surface area contributed by atoms with E-state index >= 15 is 0 Å². The smallest absolute Gasteiger partial charge is 0.302 e. The number of aliphatic carboxylic acids is 1. The first-order chi connectivity index (χ1) is 11.1. The van der Waals surface area contributed by atoms with Gasteiger partial charge in [-0.25, -0.2) is 0 Å². The van der Waals surface area contributed by atoms with Gasteiger partial charge in [0.25, 0.3) is 0 Å². The number of tetrazole rings is 1. The molecule has 2 unspecified atom stereocenters. The quantitative estimate of drug-likeness (QED) is 0.674. The zero-order valence-electron chi connectivity index (χ0n) is 12.7. The van der Waals surface area contributed by atoms with Crippen LogP contribution in [0.3, 0.4) is 0 Å². The summed E-state index contributed by atoms with van der Waals surface area (Å²) in [5.41, 5.74) is 1.91. The Balaban J connectivity index is 1.88. The molecule has 1 fully saturated rings. The van der Waals surface area contributed by atoms with Crippen LogP contribution in [0.1, 0.15) is 36.6 Å². The average Bonchev–Trinajstić information content (AvgIpc) is 3.14. The second-order valence-electron chi connectivity index (χ2n) is 5.77. The molecule has 1 heterocycles. The third-order valence-corrected chi connectivity index (χ3v) is 4.66. The molecular weight excluding hydrogens is 316 g/mol. The number of nitrogens with zero attached hydrogens (tertiary/aromatic N) is 3. The van der Waals surface area contributed by atoms with Crippen molar-refractivity contribution in [1.82, 2.24) is 15.5 Å². The Kier molecular flexibility index (Phi) is 4.43. The van der Waals surface area contributed by atoms with E-state index in [1.807, 2.05) is 25.1 Å². The van der Waals surface area contributed by atoms with E-state index in [0.29, 0.717) is 5.02 Å². The molecule has 120 valence electrons. The summed E-state index contributed by atoms with van der Waals surface area (Å²) in [5, 5.41) is 21.7. The number of carboxylic acid groups (broad SMARTS) is 1. The number of aromatic nitrogens is 4. The summed E-state index contributed by atoms with van der Waals surface area (Å²) in [6.45, 7) is 1.84. The fraction of sp³-hybridized carbons (Fsp3) is 0.375. The number of carboxylic acids is 1. The molecule has 23 heavy (non-hydrogen) atoms. The number of benzene rings is 1. The molecule has 0 saturated heterocycles. The minimum Gasteiger partial charge on any atom is -0.545 e. The maximum absolute atomic E-state index is 10.6. The van der Waals surface area contributed by atoms with E-state index in [2.05, 4.69) is 15.5 Å². The minimum atomic E-state index is -1.15. The summed E-state index contributed by atoms with van der Waals surface area (Å²) in [5.74, 6) is 0.0547. The SMILES string of the molecule is Cc1nn[nH][n+]1-c1ccc(C2CCCC2/C=C/C(=O)[O-])cc1Cl. The largest absolute Gasteiger partial charge is 0.545 e. The van der Waals surface area contributed by atoms with Gasteiger partial charge in [0.2, 0.25) is 0 Å². The van der Waals surface area contributed by atoms with E-state index in [1.165, 1.54) is 0 Å². The summed E-state index contributed by atoms with van der Waals surface area (Å²) >= 11 is 6.43. The first kappa shape index (κ1) is 15.7. The normalized spacial score (nSPS) is 21.1. The second kappa shape index (κ2) is 6.50. The Morgan fingerprint density at radius 2 is 2.30 bits per heavy atom. The van der Waals surface area contributed by atoms with E-state index in [-0.39, 0.29) is 11.8 Å². The third kappa shape index (κ3) is 3.27. The minimum absolute atomic E-state index is 0.207. The number of rotatable bonds is 4. The lowest BCUT2D eigenvalue weighted by molar-refractivity contribution is -0.666. The molecular formula is C16H17ClN4O2. The molecule has 0 aliphatic heterocycles. The Bertz CT molecular complexity index is 756. The molecule has 2 atom stereocenters. The van der Waals surface area contributed by atoms with Crippen LogP contribution in [0.4, 0.5) is 0 Å². The number of hydrogen-bond donors (Lipinski definition) is 1. The number of nitrogens with one attached hydrogen (secondary N) is 1. The molecule has 0 bridgehead atoms. The van der Waals surface area contributed by atoms with Crippen LogP contribution < -0.4 is 9.79 Å². The molecule has 1 aromatic heterocycles. The van der Waals surface area contributed by atoms with Crippen molar-refractivity contribution < 1.29 is 14.6 Å². The second-order valence-corrected chi connectivity index (χ2v) is 6.18. The molecule has 0 spiro atoms. The van der Waals surface area contributed by atoms with E-state index in [0.717, 1.165) is 42.4 Å². The van der Waals surface area contributed by atoms with Crippen molar-refractivity contribution >= 4 is 17.6 Å². The molecule has 1 aliphatic carbocycles. The van der Waals surface area contributed by atoms with Gasteiger partial charge < -0.3 is 9.90 Å². The summed E-state index contributed by atoms with van der Waals surface area (Å²) in [4.78, 5) is 10.6. The Morgan fingerprint density at radius 3 is 2.96 bits per heavy atom. The van der Waals surface area contributed by atoms with E-state index in [4.69, 9.17) is 11.6 Å². The zero-order chi connectivity index (χ0) is 16.4. The highest BCUT2D eigenvalue weighted by atomic mass is 35.5. The number of hydrogen-bond acceptors (Lipinski definition) is 4. The van der Waals surface area contributed by atoms with Gasteiger partial charge in [-0.3, -0.25) is 0 Å². The van der Waals surface area contributed by atoms with Crippen LogP contribution in [0.2, 0.25) is 5.02 Å². The lowest BCUT2D eigenvalue weighted by atomic mass is 9.88. The van der Waals surface area contributed by atoms with Gasteiger partial charge in [0.05, 0.1) is 11.0 Å².